The minimum absolute atomic E-state index is 0.0409. The molecule has 0 aliphatic heterocycles. The molecule has 0 saturated carbocycles. The third-order valence-corrected chi connectivity index (χ3v) is 3.98. The maximum Gasteiger partial charge on any atom is 0.258 e. The maximum atomic E-state index is 11.8. The van der Waals surface area contributed by atoms with Crippen LogP contribution in [0.1, 0.15) is 5.56 Å². The summed E-state index contributed by atoms with van der Waals surface area (Å²) >= 11 is 12.6. The van der Waals surface area contributed by atoms with Crippen molar-refractivity contribution in [3.05, 3.63) is 62.0 Å². The highest BCUT2D eigenvalue weighted by Gasteiger charge is 2.06. The van der Waals surface area contributed by atoms with Crippen LogP contribution in [-0.2, 0) is 11.3 Å². The zero-order valence-corrected chi connectivity index (χ0v) is 14.8. The summed E-state index contributed by atoms with van der Waals surface area (Å²) in [5, 5.41) is 3.43. The minimum atomic E-state index is -0.190. The minimum Gasteiger partial charge on any atom is -0.483 e. The second kappa shape index (κ2) is 7.82. The van der Waals surface area contributed by atoms with E-state index in [0.717, 1.165) is 14.5 Å². The molecule has 0 atom stereocenters. The summed E-state index contributed by atoms with van der Waals surface area (Å²) in [6.07, 6.45) is 0. The molecule has 110 valence electrons. The first-order valence-corrected chi connectivity index (χ1v) is 8.10. The number of rotatable bonds is 5. The molecule has 1 amide bonds. The lowest BCUT2D eigenvalue weighted by Gasteiger charge is -2.09. The van der Waals surface area contributed by atoms with E-state index >= 15 is 0 Å². The van der Waals surface area contributed by atoms with Gasteiger partial charge in [-0.25, -0.2) is 0 Å². The van der Waals surface area contributed by atoms with E-state index in [1.54, 1.807) is 12.1 Å². The van der Waals surface area contributed by atoms with Crippen LogP contribution in [0.5, 0.6) is 5.75 Å². The summed E-state index contributed by atoms with van der Waals surface area (Å²) in [4.78, 5) is 11.8. The average Bonchev–Trinajstić information content (AvgIpc) is 2.44. The number of hydrogen-bond donors (Lipinski definition) is 1. The molecule has 6 heteroatoms. The highest BCUT2D eigenvalue weighted by molar-refractivity contribution is 9.11. The summed E-state index contributed by atoms with van der Waals surface area (Å²) in [7, 11) is 0. The zero-order chi connectivity index (χ0) is 15.2. The SMILES string of the molecule is O=C(COc1ccc(Br)cc1Br)NCc1cccc(Cl)c1. The molecular weight excluding hydrogens is 421 g/mol. The first kappa shape index (κ1) is 16.3. The predicted molar refractivity (Wildman–Crippen MR) is 90.6 cm³/mol. The van der Waals surface area contributed by atoms with Crippen LogP contribution in [0.2, 0.25) is 5.02 Å². The molecule has 1 N–H and O–H groups in total. The molecule has 2 aromatic rings. The van der Waals surface area contributed by atoms with E-state index in [-0.39, 0.29) is 12.5 Å². The monoisotopic (exact) mass is 431 g/mol. The van der Waals surface area contributed by atoms with E-state index in [1.807, 2.05) is 30.3 Å². The molecule has 0 saturated heterocycles. The predicted octanol–water partition coefficient (Wildman–Crippen LogP) is 4.56. The molecular formula is C15H12Br2ClNO2. The van der Waals surface area contributed by atoms with Crippen molar-refractivity contribution in [1.82, 2.24) is 5.32 Å². The van der Waals surface area contributed by atoms with E-state index in [1.165, 1.54) is 0 Å². The first-order chi connectivity index (χ1) is 10.0. The van der Waals surface area contributed by atoms with Crippen LogP contribution in [0.3, 0.4) is 0 Å². The van der Waals surface area contributed by atoms with Crippen LogP contribution in [0, 0.1) is 0 Å². The van der Waals surface area contributed by atoms with Gasteiger partial charge >= 0.3 is 0 Å². The molecule has 0 aliphatic rings. The molecule has 2 aromatic carbocycles. The van der Waals surface area contributed by atoms with Gasteiger partial charge in [0.2, 0.25) is 0 Å². The number of halogens is 3. The smallest absolute Gasteiger partial charge is 0.258 e. The van der Waals surface area contributed by atoms with Gasteiger partial charge in [-0.3, -0.25) is 4.79 Å². The topological polar surface area (TPSA) is 38.3 Å². The lowest BCUT2D eigenvalue weighted by atomic mass is 10.2. The number of amides is 1. The van der Waals surface area contributed by atoms with Crippen LogP contribution < -0.4 is 10.1 Å². The van der Waals surface area contributed by atoms with Gasteiger partial charge in [-0.15, -0.1) is 0 Å². The van der Waals surface area contributed by atoms with Crippen molar-refractivity contribution in [1.29, 1.82) is 0 Å². The first-order valence-electron chi connectivity index (χ1n) is 6.13. The molecule has 0 aliphatic carbocycles. The fraction of sp³-hybridized carbons (Fsp3) is 0.133. The van der Waals surface area contributed by atoms with Gasteiger partial charge in [0.1, 0.15) is 5.75 Å². The van der Waals surface area contributed by atoms with Crippen molar-refractivity contribution in [2.75, 3.05) is 6.61 Å². The Balaban J connectivity index is 1.82. The maximum absolute atomic E-state index is 11.8. The van der Waals surface area contributed by atoms with Gasteiger partial charge in [0, 0.05) is 16.0 Å². The van der Waals surface area contributed by atoms with Gasteiger partial charge in [0.15, 0.2) is 6.61 Å². The van der Waals surface area contributed by atoms with Gasteiger partial charge in [0.05, 0.1) is 4.47 Å². The highest BCUT2D eigenvalue weighted by atomic mass is 79.9. The molecule has 0 heterocycles. The summed E-state index contributed by atoms with van der Waals surface area (Å²) in [6.45, 7) is 0.380. The quantitative estimate of drug-likeness (QED) is 0.751. The van der Waals surface area contributed by atoms with Crippen molar-refractivity contribution in [3.8, 4) is 5.75 Å². The Hall–Kier alpha value is -1.04. The van der Waals surface area contributed by atoms with Crippen LogP contribution >= 0.6 is 43.5 Å². The molecule has 0 spiro atoms. The number of nitrogens with one attached hydrogen (secondary N) is 1. The Morgan fingerprint density at radius 1 is 1.19 bits per heavy atom. The molecule has 0 bridgehead atoms. The largest absolute Gasteiger partial charge is 0.483 e. The van der Waals surface area contributed by atoms with E-state index < -0.39 is 0 Å². The summed E-state index contributed by atoms with van der Waals surface area (Å²) < 4.78 is 7.19. The van der Waals surface area contributed by atoms with Crippen molar-refractivity contribution < 1.29 is 9.53 Å². The molecule has 21 heavy (non-hydrogen) atoms. The van der Waals surface area contributed by atoms with Gasteiger partial charge < -0.3 is 10.1 Å². The summed E-state index contributed by atoms with van der Waals surface area (Å²) in [6, 6.07) is 12.9. The normalized spacial score (nSPS) is 10.2. The van der Waals surface area contributed by atoms with E-state index in [0.29, 0.717) is 17.3 Å². The third-order valence-electron chi connectivity index (χ3n) is 2.63. The average molecular weight is 434 g/mol. The Morgan fingerprint density at radius 2 is 2.00 bits per heavy atom. The van der Waals surface area contributed by atoms with Crippen molar-refractivity contribution in [2.45, 2.75) is 6.54 Å². The Labute approximate surface area is 144 Å². The second-order valence-corrected chi connectivity index (χ2v) is 6.48. The fourth-order valence-corrected chi connectivity index (χ4v) is 3.01. The number of ether oxygens (including phenoxy) is 1. The molecule has 2 rings (SSSR count). The lowest BCUT2D eigenvalue weighted by Crippen LogP contribution is -2.28. The molecule has 3 nitrogen and oxygen atoms in total. The summed E-state index contributed by atoms with van der Waals surface area (Å²) in [5.41, 5.74) is 0.945. The molecule has 0 unspecified atom stereocenters. The van der Waals surface area contributed by atoms with Gasteiger partial charge in [-0.2, -0.15) is 0 Å². The standard InChI is InChI=1S/C15H12Br2ClNO2/c16-11-4-5-14(13(17)7-11)21-9-15(20)19-8-10-2-1-3-12(18)6-10/h1-7H,8-9H2,(H,19,20). The van der Waals surface area contributed by atoms with Gasteiger partial charge in [-0.05, 0) is 51.8 Å². The highest BCUT2D eigenvalue weighted by Crippen LogP contribution is 2.28. The molecule has 0 radical (unpaired) electrons. The second-order valence-electron chi connectivity index (χ2n) is 4.27. The number of carbonyl (C=O) groups is 1. The van der Waals surface area contributed by atoms with E-state index in [4.69, 9.17) is 16.3 Å². The van der Waals surface area contributed by atoms with Gasteiger partial charge in [-0.1, -0.05) is 39.7 Å². The van der Waals surface area contributed by atoms with Crippen LogP contribution in [0.4, 0.5) is 0 Å². The number of carbonyl (C=O) groups excluding carboxylic acids is 1. The van der Waals surface area contributed by atoms with Crippen molar-refractivity contribution in [2.24, 2.45) is 0 Å². The Morgan fingerprint density at radius 3 is 2.71 bits per heavy atom. The van der Waals surface area contributed by atoms with Crippen molar-refractivity contribution in [3.63, 3.8) is 0 Å². The number of benzene rings is 2. The Bertz CT molecular complexity index is 649. The van der Waals surface area contributed by atoms with Crippen LogP contribution in [0.25, 0.3) is 0 Å². The molecule has 0 fully saturated rings. The van der Waals surface area contributed by atoms with Crippen molar-refractivity contribution >= 4 is 49.4 Å². The Kier molecular flexibility index (Phi) is 6.08. The van der Waals surface area contributed by atoms with Crippen LogP contribution in [0.15, 0.2) is 51.4 Å². The number of hydrogen-bond acceptors (Lipinski definition) is 2. The lowest BCUT2D eigenvalue weighted by molar-refractivity contribution is -0.123. The molecule has 0 aromatic heterocycles. The van der Waals surface area contributed by atoms with E-state index in [9.17, 15) is 4.79 Å². The fourth-order valence-electron chi connectivity index (χ4n) is 1.63. The van der Waals surface area contributed by atoms with Gasteiger partial charge in [0.25, 0.3) is 5.91 Å². The third kappa shape index (κ3) is 5.34. The summed E-state index contributed by atoms with van der Waals surface area (Å²) in [5.74, 6) is 0.431. The van der Waals surface area contributed by atoms with E-state index in [2.05, 4.69) is 37.2 Å². The van der Waals surface area contributed by atoms with Crippen LogP contribution in [-0.4, -0.2) is 12.5 Å². The zero-order valence-electron chi connectivity index (χ0n) is 10.9.